The number of rotatable bonds is 0. The lowest BCUT2D eigenvalue weighted by molar-refractivity contribution is 0.637. The van der Waals surface area contributed by atoms with Gasteiger partial charge in [-0.05, 0) is 13.0 Å². The zero-order valence-electron chi connectivity index (χ0n) is 6.34. The van der Waals surface area contributed by atoms with E-state index in [-0.39, 0.29) is 0 Å². The SMILES string of the molecule is CC1=CC2C=C(Cl)C=CC2N1. The highest BCUT2D eigenvalue weighted by molar-refractivity contribution is 6.31. The molecular formula is C9H10ClN. The molecule has 2 heteroatoms. The van der Waals surface area contributed by atoms with Crippen LogP contribution in [0.1, 0.15) is 6.92 Å². The zero-order chi connectivity index (χ0) is 7.84. The fourth-order valence-corrected chi connectivity index (χ4v) is 1.78. The summed E-state index contributed by atoms with van der Waals surface area (Å²) in [6.07, 6.45) is 8.34. The molecule has 0 saturated heterocycles. The Morgan fingerprint density at radius 1 is 1.45 bits per heavy atom. The van der Waals surface area contributed by atoms with Gasteiger partial charge in [-0.2, -0.15) is 0 Å². The fraction of sp³-hybridized carbons (Fsp3) is 0.333. The lowest BCUT2D eigenvalue weighted by atomic mass is 9.98. The molecule has 2 unspecified atom stereocenters. The monoisotopic (exact) mass is 167 g/mol. The molecule has 1 N–H and O–H groups in total. The summed E-state index contributed by atoms with van der Waals surface area (Å²) in [5.41, 5.74) is 1.24. The van der Waals surface area contributed by atoms with Gasteiger partial charge in [-0.15, -0.1) is 0 Å². The van der Waals surface area contributed by atoms with Crippen LogP contribution in [0.4, 0.5) is 0 Å². The number of halogens is 1. The summed E-state index contributed by atoms with van der Waals surface area (Å²) in [6, 6.07) is 0.442. The Bertz CT molecular complexity index is 263. The number of hydrogen-bond acceptors (Lipinski definition) is 1. The maximum atomic E-state index is 5.85. The van der Waals surface area contributed by atoms with Crippen molar-refractivity contribution in [1.29, 1.82) is 0 Å². The van der Waals surface area contributed by atoms with Crippen LogP contribution in [-0.4, -0.2) is 6.04 Å². The van der Waals surface area contributed by atoms with E-state index in [9.17, 15) is 0 Å². The Labute approximate surface area is 71.4 Å². The van der Waals surface area contributed by atoms with Gasteiger partial charge in [0.25, 0.3) is 0 Å². The summed E-state index contributed by atoms with van der Waals surface area (Å²) in [6.45, 7) is 2.08. The molecule has 1 heterocycles. The first-order valence-corrected chi connectivity index (χ1v) is 4.14. The van der Waals surface area contributed by atoms with E-state index in [0.29, 0.717) is 12.0 Å². The molecule has 1 nitrogen and oxygen atoms in total. The van der Waals surface area contributed by atoms with Crippen molar-refractivity contribution in [3.63, 3.8) is 0 Å². The van der Waals surface area contributed by atoms with Crippen molar-refractivity contribution in [3.05, 3.63) is 35.0 Å². The maximum absolute atomic E-state index is 5.85. The van der Waals surface area contributed by atoms with Crippen molar-refractivity contribution < 1.29 is 0 Å². The van der Waals surface area contributed by atoms with E-state index in [4.69, 9.17) is 11.6 Å². The Kier molecular flexibility index (Phi) is 1.53. The van der Waals surface area contributed by atoms with Gasteiger partial charge >= 0.3 is 0 Å². The molecule has 1 aliphatic heterocycles. The highest BCUT2D eigenvalue weighted by atomic mass is 35.5. The van der Waals surface area contributed by atoms with Crippen molar-refractivity contribution >= 4 is 11.6 Å². The van der Waals surface area contributed by atoms with Crippen LogP contribution in [0.2, 0.25) is 0 Å². The molecule has 0 aromatic heterocycles. The van der Waals surface area contributed by atoms with Gasteiger partial charge in [0.05, 0.1) is 6.04 Å². The minimum atomic E-state index is 0.442. The molecule has 2 atom stereocenters. The smallest absolute Gasteiger partial charge is 0.0543 e. The molecule has 58 valence electrons. The van der Waals surface area contributed by atoms with Gasteiger partial charge in [-0.3, -0.25) is 0 Å². The second-order valence-corrected chi connectivity index (χ2v) is 3.44. The van der Waals surface area contributed by atoms with Crippen LogP contribution in [0.25, 0.3) is 0 Å². The zero-order valence-corrected chi connectivity index (χ0v) is 7.10. The van der Waals surface area contributed by atoms with Gasteiger partial charge in [0.1, 0.15) is 0 Å². The molecule has 1 aliphatic carbocycles. The van der Waals surface area contributed by atoms with E-state index in [1.807, 2.05) is 6.08 Å². The van der Waals surface area contributed by atoms with Gasteiger partial charge in [0, 0.05) is 16.6 Å². The Balaban J connectivity index is 2.26. The summed E-state index contributed by atoms with van der Waals surface area (Å²) < 4.78 is 0. The van der Waals surface area contributed by atoms with E-state index < -0.39 is 0 Å². The average molecular weight is 168 g/mol. The van der Waals surface area contributed by atoms with Crippen LogP contribution in [0.5, 0.6) is 0 Å². The molecule has 0 saturated carbocycles. The lowest BCUT2D eigenvalue weighted by Gasteiger charge is -2.16. The van der Waals surface area contributed by atoms with Gasteiger partial charge in [0.2, 0.25) is 0 Å². The van der Waals surface area contributed by atoms with Crippen molar-refractivity contribution in [2.75, 3.05) is 0 Å². The Morgan fingerprint density at radius 3 is 3.09 bits per heavy atom. The first-order valence-electron chi connectivity index (χ1n) is 3.76. The molecule has 0 aromatic rings. The van der Waals surface area contributed by atoms with Crippen LogP contribution in [0, 0.1) is 5.92 Å². The second-order valence-electron chi connectivity index (χ2n) is 3.01. The first kappa shape index (κ1) is 6.99. The standard InChI is InChI=1S/C9H10ClN/c1-6-4-7-5-8(10)2-3-9(7)11-6/h2-5,7,9,11H,1H3. The van der Waals surface area contributed by atoms with Crippen molar-refractivity contribution in [1.82, 2.24) is 5.32 Å². The van der Waals surface area contributed by atoms with Crippen molar-refractivity contribution in [2.45, 2.75) is 13.0 Å². The number of fused-ring (bicyclic) bond motifs is 1. The topological polar surface area (TPSA) is 12.0 Å². The van der Waals surface area contributed by atoms with Gasteiger partial charge in [-0.1, -0.05) is 29.8 Å². The van der Waals surface area contributed by atoms with E-state index in [1.54, 1.807) is 0 Å². The maximum Gasteiger partial charge on any atom is 0.0543 e. The van der Waals surface area contributed by atoms with Gasteiger partial charge in [-0.25, -0.2) is 0 Å². The van der Waals surface area contributed by atoms with Crippen LogP contribution < -0.4 is 5.32 Å². The summed E-state index contributed by atoms with van der Waals surface area (Å²) >= 11 is 5.85. The fourth-order valence-electron chi connectivity index (χ4n) is 1.56. The Hall–Kier alpha value is -0.690. The van der Waals surface area contributed by atoms with E-state index >= 15 is 0 Å². The van der Waals surface area contributed by atoms with E-state index in [1.165, 1.54) is 5.70 Å². The molecule has 2 rings (SSSR count). The van der Waals surface area contributed by atoms with E-state index in [2.05, 4.69) is 30.5 Å². The third-order valence-corrected chi connectivity index (χ3v) is 2.32. The molecule has 0 aromatic carbocycles. The predicted molar refractivity (Wildman–Crippen MR) is 47.2 cm³/mol. The molecule has 0 amide bonds. The molecule has 11 heavy (non-hydrogen) atoms. The second kappa shape index (κ2) is 2.42. The highest BCUT2D eigenvalue weighted by Crippen LogP contribution is 2.26. The Morgan fingerprint density at radius 2 is 2.27 bits per heavy atom. The minimum Gasteiger partial charge on any atom is -0.382 e. The van der Waals surface area contributed by atoms with E-state index in [0.717, 1.165) is 5.03 Å². The summed E-state index contributed by atoms with van der Waals surface area (Å²) in [4.78, 5) is 0. The van der Waals surface area contributed by atoms with Crippen LogP contribution in [0.3, 0.4) is 0 Å². The largest absolute Gasteiger partial charge is 0.382 e. The number of allylic oxidation sites excluding steroid dienone is 3. The minimum absolute atomic E-state index is 0.442. The molecule has 2 aliphatic rings. The summed E-state index contributed by atoms with van der Waals surface area (Å²) in [5, 5.41) is 4.19. The lowest BCUT2D eigenvalue weighted by Crippen LogP contribution is -2.26. The molecule has 0 fully saturated rings. The molecule has 0 spiro atoms. The van der Waals surface area contributed by atoms with Crippen LogP contribution >= 0.6 is 11.6 Å². The van der Waals surface area contributed by atoms with Crippen molar-refractivity contribution in [3.8, 4) is 0 Å². The quantitative estimate of drug-likeness (QED) is 0.583. The molecular weight excluding hydrogens is 158 g/mol. The third kappa shape index (κ3) is 1.21. The average Bonchev–Trinajstić information content (AvgIpc) is 2.27. The predicted octanol–water partition coefficient (Wildman–Crippen LogP) is 2.17. The van der Waals surface area contributed by atoms with Crippen LogP contribution in [0.15, 0.2) is 35.0 Å². The van der Waals surface area contributed by atoms with Crippen LogP contribution in [-0.2, 0) is 0 Å². The summed E-state index contributed by atoms with van der Waals surface area (Å²) in [5.74, 6) is 0.465. The van der Waals surface area contributed by atoms with Crippen molar-refractivity contribution in [2.24, 2.45) is 5.92 Å². The first-order chi connectivity index (χ1) is 5.25. The number of hydrogen-bond donors (Lipinski definition) is 1. The normalized spacial score (nSPS) is 34.0. The number of nitrogens with one attached hydrogen (secondary N) is 1. The summed E-state index contributed by atoms with van der Waals surface area (Å²) in [7, 11) is 0. The van der Waals surface area contributed by atoms with Gasteiger partial charge < -0.3 is 5.32 Å². The van der Waals surface area contributed by atoms with Gasteiger partial charge in [0.15, 0.2) is 0 Å². The molecule has 0 bridgehead atoms. The molecule has 0 radical (unpaired) electrons. The highest BCUT2D eigenvalue weighted by Gasteiger charge is 2.23. The third-order valence-electron chi connectivity index (χ3n) is 2.07.